The summed E-state index contributed by atoms with van der Waals surface area (Å²) < 4.78 is 27.5. The van der Waals surface area contributed by atoms with Gasteiger partial charge in [-0.1, -0.05) is 6.07 Å². The van der Waals surface area contributed by atoms with Crippen molar-refractivity contribution in [3.63, 3.8) is 0 Å². The molecule has 15 heavy (non-hydrogen) atoms. The van der Waals surface area contributed by atoms with Crippen LogP contribution in [0.1, 0.15) is 0 Å². The summed E-state index contributed by atoms with van der Waals surface area (Å²) in [5.41, 5.74) is 0.593. The second-order valence-electron chi connectivity index (χ2n) is 3.04. The quantitative estimate of drug-likeness (QED) is 0.764. The van der Waals surface area contributed by atoms with Gasteiger partial charge in [-0.15, -0.1) is 10.2 Å². The molecule has 0 amide bonds. The molecule has 0 saturated carbocycles. The maximum atomic E-state index is 11.3. The monoisotopic (exact) mass is 224 g/mol. The number of hydrogen-bond acceptors (Lipinski definition) is 5. The largest absolute Gasteiger partial charge is 0.423 e. The van der Waals surface area contributed by atoms with E-state index in [4.69, 9.17) is 4.42 Å². The molecular formula is C9H8N2O3S. The van der Waals surface area contributed by atoms with E-state index in [-0.39, 0.29) is 4.90 Å². The van der Waals surface area contributed by atoms with Crippen molar-refractivity contribution in [3.05, 3.63) is 30.7 Å². The van der Waals surface area contributed by atoms with Gasteiger partial charge in [-0.05, 0) is 18.2 Å². The number of sulfone groups is 1. The maximum absolute atomic E-state index is 11.3. The van der Waals surface area contributed by atoms with Gasteiger partial charge in [-0.2, -0.15) is 0 Å². The highest BCUT2D eigenvalue weighted by atomic mass is 32.2. The molecule has 0 aliphatic carbocycles. The summed E-state index contributed by atoms with van der Waals surface area (Å²) in [5.74, 6) is 0.306. The molecule has 6 heteroatoms. The molecule has 1 aromatic heterocycles. The van der Waals surface area contributed by atoms with Crippen molar-refractivity contribution in [2.24, 2.45) is 0 Å². The number of aromatic nitrogens is 2. The topological polar surface area (TPSA) is 73.1 Å². The fraction of sp³-hybridized carbons (Fsp3) is 0.111. The van der Waals surface area contributed by atoms with Gasteiger partial charge >= 0.3 is 0 Å². The Kier molecular flexibility index (Phi) is 2.28. The van der Waals surface area contributed by atoms with Gasteiger partial charge in [0.2, 0.25) is 12.3 Å². The van der Waals surface area contributed by atoms with Gasteiger partial charge in [-0.25, -0.2) is 8.42 Å². The van der Waals surface area contributed by atoms with Crippen molar-refractivity contribution in [2.75, 3.05) is 6.26 Å². The Hall–Kier alpha value is -1.69. The van der Waals surface area contributed by atoms with Crippen LogP contribution in [0.2, 0.25) is 0 Å². The predicted octanol–water partition coefficient (Wildman–Crippen LogP) is 1.14. The molecule has 0 aliphatic heterocycles. The number of hydrogen-bond donors (Lipinski definition) is 0. The molecule has 1 aromatic carbocycles. The first-order valence-electron chi connectivity index (χ1n) is 4.14. The Morgan fingerprint density at radius 3 is 2.73 bits per heavy atom. The van der Waals surface area contributed by atoms with Crippen molar-refractivity contribution in [1.82, 2.24) is 10.2 Å². The third kappa shape index (κ3) is 2.04. The predicted molar refractivity (Wildman–Crippen MR) is 52.8 cm³/mol. The van der Waals surface area contributed by atoms with Crippen LogP contribution in [0, 0.1) is 0 Å². The Bertz CT molecular complexity index is 561. The Morgan fingerprint density at radius 2 is 2.13 bits per heavy atom. The fourth-order valence-electron chi connectivity index (χ4n) is 1.16. The molecule has 2 rings (SSSR count). The number of benzene rings is 1. The number of nitrogens with zero attached hydrogens (tertiary/aromatic N) is 2. The minimum Gasteiger partial charge on any atom is -0.423 e. The van der Waals surface area contributed by atoms with Crippen molar-refractivity contribution < 1.29 is 12.8 Å². The van der Waals surface area contributed by atoms with E-state index in [0.29, 0.717) is 11.5 Å². The summed E-state index contributed by atoms with van der Waals surface area (Å²) in [6.07, 6.45) is 2.35. The zero-order valence-corrected chi connectivity index (χ0v) is 8.73. The van der Waals surface area contributed by atoms with Crippen molar-refractivity contribution >= 4 is 9.84 Å². The molecule has 0 atom stereocenters. The second-order valence-corrected chi connectivity index (χ2v) is 5.06. The Morgan fingerprint density at radius 1 is 1.33 bits per heavy atom. The normalized spacial score (nSPS) is 11.5. The van der Waals surface area contributed by atoms with E-state index < -0.39 is 9.84 Å². The van der Waals surface area contributed by atoms with Crippen LogP contribution in [0.5, 0.6) is 0 Å². The lowest BCUT2D eigenvalue weighted by Gasteiger charge is -1.99. The van der Waals surface area contributed by atoms with Gasteiger partial charge in [0, 0.05) is 11.8 Å². The van der Waals surface area contributed by atoms with E-state index in [0.717, 1.165) is 6.26 Å². The molecule has 0 spiro atoms. The second kappa shape index (κ2) is 3.47. The maximum Gasteiger partial charge on any atom is 0.247 e. The van der Waals surface area contributed by atoms with Gasteiger partial charge in [0.1, 0.15) is 0 Å². The molecule has 5 nitrogen and oxygen atoms in total. The van der Waals surface area contributed by atoms with Crippen LogP contribution in [0.25, 0.3) is 11.5 Å². The van der Waals surface area contributed by atoms with Crippen molar-refractivity contribution in [1.29, 1.82) is 0 Å². The highest BCUT2D eigenvalue weighted by Crippen LogP contribution is 2.19. The van der Waals surface area contributed by atoms with E-state index in [1.165, 1.54) is 18.5 Å². The highest BCUT2D eigenvalue weighted by molar-refractivity contribution is 7.90. The van der Waals surface area contributed by atoms with Crippen LogP contribution in [0.4, 0.5) is 0 Å². The third-order valence-corrected chi connectivity index (χ3v) is 2.98. The lowest BCUT2D eigenvalue weighted by atomic mass is 10.2. The molecule has 2 aromatic rings. The first-order valence-corrected chi connectivity index (χ1v) is 6.03. The summed E-state index contributed by atoms with van der Waals surface area (Å²) in [7, 11) is -3.21. The molecule has 0 bridgehead atoms. The van der Waals surface area contributed by atoms with Crippen LogP contribution in [-0.4, -0.2) is 24.9 Å². The zero-order valence-electron chi connectivity index (χ0n) is 7.91. The lowest BCUT2D eigenvalue weighted by molar-refractivity contribution is 0.568. The van der Waals surface area contributed by atoms with E-state index in [9.17, 15) is 8.42 Å². The smallest absolute Gasteiger partial charge is 0.247 e. The van der Waals surface area contributed by atoms with Crippen LogP contribution in [0.15, 0.2) is 40.0 Å². The Balaban J connectivity index is 2.53. The van der Waals surface area contributed by atoms with Crippen LogP contribution in [0.3, 0.4) is 0 Å². The average molecular weight is 224 g/mol. The molecule has 0 aliphatic rings. The van der Waals surface area contributed by atoms with Crippen molar-refractivity contribution in [3.8, 4) is 11.5 Å². The summed E-state index contributed by atoms with van der Waals surface area (Å²) in [6, 6.07) is 6.37. The first kappa shape index (κ1) is 9.85. The van der Waals surface area contributed by atoms with Crippen molar-refractivity contribution in [2.45, 2.75) is 4.90 Å². The van der Waals surface area contributed by atoms with E-state index in [1.54, 1.807) is 12.1 Å². The van der Waals surface area contributed by atoms with Crippen LogP contribution in [-0.2, 0) is 9.84 Å². The summed E-state index contributed by atoms with van der Waals surface area (Å²) in [4.78, 5) is 0.234. The molecule has 1 heterocycles. The van der Waals surface area contributed by atoms with E-state index in [1.807, 2.05) is 0 Å². The fourth-order valence-corrected chi connectivity index (χ4v) is 1.83. The highest BCUT2D eigenvalue weighted by Gasteiger charge is 2.10. The molecule has 0 radical (unpaired) electrons. The van der Waals surface area contributed by atoms with Gasteiger partial charge < -0.3 is 4.42 Å². The molecule has 0 saturated heterocycles. The SMILES string of the molecule is CS(=O)(=O)c1cccc(-c2nnco2)c1. The summed E-state index contributed by atoms with van der Waals surface area (Å²) >= 11 is 0. The van der Waals surface area contributed by atoms with Gasteiger partial charge in [0.25, 0.3) is 0 Å². The summed E-state index contributed by atoms with van der Waals surface area (Å²) in [5, 5.41) is 7.22. The van der Waals surface area contributed by atoms with Crippen LogP contribution >= 0.6 is 0 Å². The average Bonchev–Trinajstić information content (AvgIpc) is 2.69. The van der Waals surface area contributed by atoms with Gasteiger partial charge in [-0.3, -0.25) is 0 Å². The lowest BCUT2D eigenvalue weighted by Crippen LogP contribution is -1.96. The summed E-state index contributed by atoms with van der Waals surface area (Å²) in [6.45, 7) is 0. The zero-order chi connectivity index (χ0) is 10.9. The third-order valence-electron chi connectivity index (χ3n) is 1.87. The van der Waals surface area contributed by atoms with E-state index >= 15 is 0 Å². The molecule has 0 fully saturated rings. The standard InChI is InChI=1S/C9H8N2O3S/c1-15(12,13)8-4-2-3-7(5-8)9-11-10-6-14-9/h2-6H,1H3. The van der Waals surface area contributed by atoms with Gasteiger partial charge in [0.15, 0.2) is 9.84 Å². The van der Waals surface area contributed by atoms with E-state index in [2.05, 4.69) is 10.2 Å². The minimum atomic E-state index is -3.21. The van der Waals surface area contributed by atoms with Gasteiger partial charge in [0.05, 0.1) is 4.90 Å². The first-order chi connectivity index (χ1) is 7.07. The Labute approximate surface area is 86.7 Å². The number of rotatable bonds is 2. The van der Waals surface area contributed by atoms with Crippen LogP contribution < -0.4 is 0 Å². The molecule has 78 valence electrons. The minimum absolute atomic E-state index is 0.234. The molecule has 0 unspecified atom stereocenters. The molecular weight excluding hydrogens is 216 g/mol. The molecule has 0 N–H and O–H groups in total.